The lowest BCUT2D eigenvalue weighted by atomic mass is 9.70. The van der Waals surface area contributed by atoms with Crippen molar-refractivity contribution in [1.82, 2.24) is 4.90 Å². The lowest BCUT2D eigenvalue weighted by molar-refractivity contribution is -0.156. The number of unbranched alkanes of at least 4 members (excludes halogenated alkanes) is 2. The highest BCUT2D eigenvalue weighted by Gasteiger charge is 2.75. The van der Waals surface area contributed by atoms with Gasteiger partial charge in [-0.15, -0.1) is 13.2 Å². The molecule has 2 bridgehead atoms. The molecule has 3 heterocycles. The number of carbonyl (C=O) groups excluding carboxylic acids is 3. The van der Waals surface area contributed by atoms with E-state index in [0.717, 1.165) is 29.7 Å². The fourth-order valence-corrected chi connectivity index (χ4v) is 7.06. The Morgan fingerprint density at radius 1 is 1.27 bits per heavy atom. The summed E-state index contributed by atoms with van der Waals surface area (Å²) < 4.78 is 12.3. The lowest BCUT2D eigenvalue weighted by Crippen LogP contribution is -2.60. The summed E-state index contributed by atoms with van der Waals surface area (Å²) in [6, 6.07) is 4.35. The second kappa shape index (κ2) is 12.9. The van der Waals surface area contributed by atoms with Gasteiger partial charge in [-0.05, 0) is 69.1 Å². The van der Waals surface area contributed by atoms with Crippen LogP contribution in [0.2, 0.25) is 0 Å². The standard InChI is InChI=1S/C33H46N2O6/c1-7-10-11-12-18-40-32(39)27-26-15-16-33(41-26)28(27)30(37)35(25(20-36)22(5)9-3)29(33)31(38)34(17-8-2)24-19-21(4)13-14-23(24)6/h7-8,13-14,19,22,25-29,36H,1-2,9-12,15-18,20H2,3-6H3/t22-,25-,26-,27+,28-,29?,33?/m0/s1. The van der Waals surface area contributed by atoms with E-state index in [1.165, 1.54) is 0 Å². The van der Waals surface area contributed by atoms with Crippen LogP contribution < -0.4 is 4.90 Å². The zero-order valence-electron chi connectivity index (χ0n) is 25.0. The van der Waals surface area contributed by atoms with Crippen molar-refractivity contribution in [2.24, 2.45) is 17.8 Å². The van der Waals surface area contributed by atoms with E-state index in [1.54, 1.807) is 15.9 Å². The van der Waals surface area contributed by atoms with E-state index in [2.05, 4.69) is 13.2 Å². The van der Waals surface area contributed by atoms with E-state index >= 15 is 0 Å². The molecule has 224 valence electrons. The van der Waals surface area contributed by atoms with E-state index in [9.17, 15) is 19.5 Å². The Balaban J connectivity index is 1.76. The largest absolute Gasteiger partial charge is 0.465 e. The molecule has 0 aromatic heterocycles. The van der Waals surface area contributed by atoms with Crippen LogP contribution in [0.15, 0.2) is 43.5 Å². The van der Waals surface area contributed by atoms with Crippen LogP contribution in [0.25, 0.3) is 0 Å². The zero-order chi connectivity index (χ0) is 29.9. The van der Waals surface area contributed by atoms with Gasteiger partial charge in [-0.1, -0.05) is 44.6 Å². The summed E-state index contributed by atoms with van der Waals surface area (Å²) in [4.78, 5) is 45.8. The summed E-state index contributed by atoms with van der Waals surface area (Å²) in [5, 5.41) is 10.6. The van der Waals surface area contributed by atoms with Gasteiger partial charge in [0.15, 0.2) is 0 Å². The Morgan fingerprint density at radius 2 is 2.02 bits per heavy atom. The topological polar surface area (TPSA) is 96.4 Å². The van der Waals surface area contributed by atoms with Crippen LogP contribution in [0.1, 0.15) is 63.5 Å². The number of hydrogen-bond acceptors (Lipinski definition) is 6. The summed E-state index contributed by atoms with van der Waals surface area (Å²) in [5.74, 6) is -2.72. The van der Waals surface area contributed by atoms with Crippen LogP contribution in [0.4, 0.5) is 5.69 Å². The van der Waals surface area contributed by atoms with Crippen molar-refractivity contribution in [3.63, 3.8) is 0 Å². The lowest BCUT2D eigenvalue weighted by Gasteiger charge is -2.41. The minimum absolute atomic E-state index is 0.0736. The number of rotatable bonds is 14. The number of nitrogens with zero attached hydrogens (tertiary/aromatic N) is 2. The zero-order valence-corrected chi connectivity index (χ0v) is 25.0. The third-order valence-corrected chi connectivity index (χ3v) is 9.37. The maximum Gasteiger partial charge on any atom is 0.312 e. The van der Waals surface area contributed by atoms with Crippen LogP contribution in [-0.4, -0.2) is 71.3 Å². The number of carbonyl (C=O) groups is 3. The summed E-state index contributed by atoms with van der Waals surface area (Å²) in [6.07, 6.45) is 7.20. The van der Waals surface area contributed by atoms with E-state index in [4.69, 9.17) is 9.47 Å². The number of benzene rings is 1. The molecule has 3 fully saturated rings. The summed E-state index contributed by atoms with van der Waals surface area (Å²) >= 11 is 0. The van der Waals surface area contributed by atoms with Crippen molar-refractivity contribution in [1.29, 1.82) is 0 Å². The average molecular weight is 567 g/mol. The van der Waals surface area contributed by atoms with E-state index < -0.39 is 41.6 Å². The molecule has 3 aliphatic rings. The molecule has 1 N–H and O–H groups in total. The molecule has 7 atom stereocenters. The van der Waals surface area contributed by atoms with Crippen molar-refractivity contribution in [2.75, 3.05) is 24.7 Å². The predicted octanol–water partition coefficient (Wildman–Crippen LogP) is 4.50. The van der Waals surface area contributed by atoms with Gasteiger partial charge in [0.2, 0.25) is 5.91 Å². The first kappa shape index (κ1) is 31.0. The number of aliphatic hydroxyl groups is 1. The predicted molar refractivity (Wildman–Crippen MR) is 158 cm³/mol. The number of aliphatic hydroxyl groups excluding tert-OH is 1. The molecule has 8 nitrogen and oxygen atoms in total. The smallest absolute Gasteiger partial charge is 0.312 e. The van der Waals surface area contributed by atoms with Gasteiger partial charge in [-0.25, -0.2) is 0 Å². The third kappa shape index (κ3) is 5.48. The van der Waals surface area contributed by atoms with Gasteiger partial charge < -0.3 is 24.4 Å². The summed E-state index contributed by atoms with van der Waals surface area (Å²) in [6.45, 7) is 15.7. The van der Waals surface area contributed by atoms with Crippen molar-refractivity contribution >= 4 is 23.5 Å². The van der Waals surface area contributed by atoms with Gasteiger partial charge in [-0.3, -0.25) is 14.4 Å². The number of allylic oxidation sites excluding steroid dienone is 1. The minimum atomic E-state index is -1.16. The van der Waals surface area contributed by atoms with Crippen LogP contribution in [0, 0.1) is 31.6 Å². The highest BCUT2D eigenvalue weighted by atomic mass is 16.6. The molecule has 2 unspecified atom stereocenters. The number of likely N-dealkylation sites (tertiary alicyclic amines) is 1. The van der Waals surface area contributed by atoms with Gasteiger partial charge in [0.25, 0.3) is 5.91 Å². The van der Waals surface area contributed by atoms with Crippen LogP contribution >= 0.6 is 0 Å². The summed E-state index contributed by atoms with van der Waals surface area (Å²) in [5.41, 5.74) is 1.51. The number of amides is 2. The minimum Gasteiger partial charge on any atom is -0.465 e. The number of fused-ring (bicyclic) bond motifs is 1. The Hall–Kier alpha value is -2.97. The van der Waals surface area contributed by atoms with Crippen molar-refractivity contribution in [3.8, 4) is 0 Å². The molecular formula is C33H46N2O6. The molecule has 3 saturated heterocycles. The number of hydrogen-bond donors (Lipinski definition) is 1. The van der Waals surface area contributed by atoms with E-state index in [0.29, 0.717) is 25.7 Å². The number of esters is 1. The van der Waals surface area contributed by atoms with Gasteiger partial charge in [0, 0.05) is 12.2 Å². The Kier molecular flexibility index (Phi) is 9.75. The van der Waals surface area contributed by atoms with Crippen LogP contribution in [0.3, 0.4) is 0 Å². The first-order chi connectivity index (χ1) is 19.7. The molecule has 0 aliphatic carbocycles. The molecule has 1 aromatic rings. The molecule has 0 radical (unpaired) electrons. The Bertz CT molecular complexity index is 1170. The van der Waals surface area contributed by atoms with Gasteiger partial charge in [0.05, 0.1) is 37.2 Å². The fraction of sp³-hybridized carbons (Fsp3) is 0.606. The SMILES string of the molecule is C=CCCCCOC(=O)[C@@H]1[C@@H]2CCC3(O2)C(C(=O)N(CC=C)c2cc(C)ccc2C)N([C@@H](CO)[C@@H](C)CC)C(=O)[C@H]13. The molecule has 2 amide bonds. The molecular weight excluding hydrogens is 520 g/mol. The fourth-order valence-electron chi connectivity index (χ4n) is 7.06. The normalized spacial score (nSPS) is 27.8. The van der Waals surface area contributed by atoms with Crippen LogP contribution in [-0.2, 0) is 23.9 Å². The maximum atomic E-state index is 14.8. The van der Waals surface area contributed by atoms with E-state index in [1.807, 2.05) is 52.0 Å². The van der Waals surface area contributed by atoms with Crippen LogP contribution in [0.5, 0.6) is 0 Å². The number of ether oxygens (including phenoxy) is 2. The molecule has 1 aromatic carbocycles. The summed E-state index contributed by atoms with van der Waals surface area (Å²) in [7, 11) is 0. The number of anilines is 1. The third-order valence-electron chi connectivity index (χ3n) is 9.37. The molecule has 0 saturated carbocycles. The Labute approximate surface area is 244 Å². The molecule has 4 rings (SSSR count). The first-order valence-electron chi connectivity index (χ1n) is 15.0. The maximum absolute atomic E-state index is 14.8. The molecule has 3 aliphatic heterocycles. The van der Waals surface area contributed by atoms with Gasteiger partial charge in [-0.2, -0.15) is 0 Å². The second-order valence-electron chi connectivity index (χ2n) is 11.9. The Morgan fingerprint density at radius 3 is 2.68 bits per heavy atom. The average Bonchev–Trinajstić information content (AvgIpc) is 3.60. The number of aryl methyl sites for hydroxylation is 2. The van der Waals surface area contributed by atoms with Crippen molar-refractivity contribution in [3.05, 3.63) is 54.6 Å². The van der Waals surface area contributed by atoms with Gasteiger partial charge >= 0.3 is 5.97 Å². The highest BCUT2D eigenvalue weighted by molar-refractivity contribution is 6.05. The van der Waals surface area contributed by atoms with Gasteiger partial charge in [0.1, 0.15) is 11.6 Å². The van der Waals surface area contributed by atoms with Crippen molar-refractivity contribution in [2.45, 2.75) is 90.0 Å². The molecule has 8 heteroatoms. The second-order valence-corrected chi connectivity index (χ2v) is 11.9. The first-order valence-corrected chi connectivity index (χ1v) is 15.0. The quantitative estimate of drug-likeness (QED) is 0.202. The van der Waals surface area contributed by atoms with E-state index in [-0.39, 0.29) is 37.5 Å². The molecule has 41 heavy (non-hydrogen) atoms. The highest BCUT2D eigenvalue weighted by Crippen LogP contribution is 2.59. The monoisotopic (exact) mass is 566 g/mol. The van der Waals surface area contributed by atoms with Crippen molar-refractivity contribution < 1.29 is 29.0 Å². The molecule has 1 spiro atoms.